The Morgan fingerprint density at radius 2 is 2.04 bits per heavy atom. The predicted molar refractivity (Wildman–Crippen MR) is 96.1 cm³/mol. The largest absolute Gasteiger partial charge is 0.495 e. The van der Waals surface area contributed by atoms with Crippen molar-refractivity contribution in [2.45, 2.75) is 24.0 Å². The molecule has 0 saturated carbocycles. The molecule has 2 aromatic carbocycles. The molecule has 0 bridgehead atoms. The standard InChI is InChI=1S/C18H18N2O3S/c1-10-4-6-13(15(8-10)23-3)19-18(22)12-5-7-16-14(9-12)20-17(21)11(2)24-16/h4-9,11H,1-3H3,(H,19,22)(H,20,21). The molecule has 24 heavy (non-hydrogen) atoms. The summed E-state index contributed by atoms with van der Waals surface area (Å²) in [5.74, 6) is 0.307. The summed E-state index contributed by atoms with van der Waals surface area (Å²) in [4.78, 5) is 25.3. The molecule has 2 N–H and O–H groups in total. The van der Waals surface area contributed by atoms with Gasteiger partial charge in [0, 0.05) is 10.5 Å². The van der Waals surface area contributed by atoms with Gasteiger partial charge < -0.3 is 15.4 Å². The average Bonchev–Trinajstić information content (AvgIpc) is 2.57. The van der Waals surface area contributed by atoms with Gasteiger partial charge >= 0.3 is 0 Å². The number of ether oxygens (including phenoxy) is 1. The number of fused-ring (bicyclic) bond motifs is 1. The highest BCUT2D eigenvalue weighted by Gasteiger charge is 2.23. The number of nitrogens with one attached hydrogen (secondary N) is 2. The molecule has 0 aromatic heterocycles. The van der Waals surface area contributed by atoms with Crippen LogP contribution in [-0.2, 0) is 4.79 Å². The Balaban J connectivity index is 1.84. The van der Waals surface area contributed by atoms with Gasteiger partial charge in [0.1, 0.15) is 5.75 Å². The number of hydrogen-bond acceptors (Lipinski definition) is 4. The van der Waals surface area contributed by atoms with E-state index in [1.807, 2.05) is 38.1 Å². The number of aryl methyl sites for hydroxylation is 1. The van der Waals surface area contributed by atoms with Crippen molar-refractivity contribution in [2.24, 2.45) is 0 Å². The van der Waals surface area contributed by atoms with Crippen LogP contribution < -0.4 is 15.4 Å². The van der Waals surface area contributed by atoms with E-state index in [0.29, 0.717) is 22.7 Å². The summed E-state index contributed by atoms with van der Waals surface area (Å²) in [7, 11) is 1.57. The predicted octanol–water partition coefficient (Wildman–Crippen LogP) is 3.69. The monoisotopic (exact) mass is 342 g/mol. The molecule has 2 amide bonds. The summed E-state index contributed by atoms with van der Waals surface area (Å²) >= 11 is 1.49. The van der Waals surface area contributed by atoms with E-state index < -0.39 is 0 Å². The van der Waals surface area contributed by atoms with Crippen molar-refractivity contribution in [2.75, 3.05) is 17.7 Å². The number of carbonyl (C=O) groups is 2. The molecule has 3 rings (SSSR count). The number of carbonyl (C=O) groups excluding carboxylic acids is 2. The summed E-state index contributed by atoms with van der Waals surface area (Å²) in [5.41, 5.74) is 2.81. The lowest BCUT2D eigenvalue weighted by Crippen LogP contribution is -2.26. The van der Waals surface area contributed by atoms with Gasteiger partial charge in [0.25, 0.3) is 5.91 Å². The lowest BCUT2D eigenvalue weighted by molar-refractivity contribution is -0.115. The topological polar surface area (TPSA) is 67.4 Å². The Morgan fingerprint density at radius 1 is 1.25 bits per heavy atom. The van der Waals surface area contributed by atoms with Crippen LogP contribution >= 0.6 is 11.8 Å². The molecule has 1 heterocycles. The van der Waals surface area contributed by atoms with Crippen LogP contribution in [0.2, 0.25) is 0 Å². The second kappa shape index (κ2) is 6.57. The number of rotatable bonds is 3. The van der Waals surface area contributed by atoms with Gasteiger partial charge in [-0.3, -0.25) is 9.59 Å². The number of anilines is 2. The molecule has 0 spiro atoms. The number of thioether (sulfide) groups is 1. The second-order valence-electron chi connectivity index (χ2n) is 5.62. The molecule has 6 heteroatoms. The first-order valence-corrected chi connectivity index (χ1v) is 8.43. The quantitative estimate of drug-likeness (QED) is 0.893. The van der Waals surface area contributed by atoms with E-state index in [-0.39, 0.29) is 17.1 Å². The molecule has 0 fully saturated rings. The van der Waals surface area contributed by atoms with Gasteiger partial charge in [0.15, 0.2) is 0 Å². The summed E-state index contributed by atoms with van der Waals surface area (Å²) in [6, 6.07) is 10.9. The third kappa shape index (κ3) is 3.23. The van der Waals surface area contributed by atoms with Crippen molar-refractivity contribution in [3.8, 4) is 5.75 Å². The minimum Gasteiger partial charge on any atom is -0.495 e. The highest BCUT2D eigenvalue weighted by molar-refractivity contribution is 8.00. The van der Waals surface area contributed by atoms with Gasteiger partial charge in [-0.1, -0.05) is 6.07 Å². The fourth-order valence-corrected chi connectivity index (χ4v) is 3.38. The molecule has 5 nitrogen and oxygen atoms in total. The highest BCUT2D eigenvalue weighted by atomic mass is 32.2. The van der Waals surface area contributed by atoms with E-state index in [1.54, 1.807) is 19.2 Å². The minimum atomic E-state index is -0.252. The summed E-state index contributed by atoms with van der Waals surface area (Å²) in [6.45, 7) is 3.81. The number of hydrogen-bond donors (Lipinski definition) is 2. The van der Waals surface area contributed by atoms with Crippen LogP contribution in [0.25, 0.3) is 0 Å². The summed E-state index contributed by atoms with van der Waals surface area (Å²) in [5, 5.41) is 5.55. The van der Waals surface area contributed by atoms with Crippen LogP contribution in [0.1, 0.15) is 22.8 Å². The van der Waals surface area contributed by atoms with Gasteiger partial charge in [-0.25, -0.2) is 0 Å². The molecular formula is C18H18N2O3S. The number of methoxy groups -OCH3 is 1. The lowest BCUT2D eigenvalue weighted by atomic mass is 10.1. The molecule has 124 valence electrons. The van der Waals surface area contributed by atoms with Crippen LogP contribution in [0.3, 0.4) is 0 Å². The fraction of sp³-hybridized carbons (Fsp3) is 0.222. The Kier molecular flexibility index (Phi) is 4.49. The van der Waals surface area contributed by atoms with Crippen molar-refractivity contribution in [3.05, 3.63) is 47.5 Å². The maximum atomic E-state index is 12.5. The van der Waals surface area contributed by atoms with Crippen LogP contribution in [0.5, 0.6) is 5.75 Å². The van der Waals surface area contributed by atoms with Gasteiger partial charge in [-0.05, 0) is 49.7 Å². The van der Waals surface area contributed by atoms with Crippen molar-refractivity contribution in [1.82, 2.24) is 0 Å². The van der Waals surface area contributed by atoms with Crippen molar-refractivity contribution >= 4 is 35.0 Å². The van der Waals surface area contributed by atoms with E-state index in [2.05, 4.69) is 10.6 Å². The molecule has 2 aromatic rings. The maximum Gasteiger partial charge on any atom is 0.255 e. The molecule has 1 aliphatic rings. The zero-order valence-corrected chi connectivity index (χ0v) is 14.5. The average molecular weight is 342 g/mol. The van der Waals surface area contributed by atoms with Crippen LogP contribution in [0.15, 0.2) is 41.3 Å². The van der Waals surface area contributed by atoms with Crippen LogP contribution in [-0.4, -0.2) is 24.2 Å². The van der Waals surface area contributed by atoms with Gasteiger partial charge in [0.05, 0.1) is 23.7 Å². The van der Waals surface area contributed by atoms with E-state index in [0.717, 1.165) is 10.5 Å². The highest BCUT2D eigenvalue weighted by Crippen LogP contribution is 2.36. The molecule has 1 aliphatic heterocycles. The third-order valence-electron chi connectivity index (χ3n) is 3.78. The van der Waals surface area contributed by atoms with Gasteiger partial charge in [-0.15, -0.1) is 11.8 Å². The summed E-state index contributed by atoms with van der Waals surface area (Å²) in [6.07, 6.45) is 0. The molecular weight excluding hydrogens is 324 g/mol. The Hall–Kier alpha value is -2.47. The molecule has 0 aliphatic carbocycles. The number of benzene rings is 2. The SMILES string of the molecule is COc1cc(C)ccc1NC(=O)c1ccc2c(c1)NC(=O)C(C)S2. The zero-order valence-electron chi connectivity index (χ0n) is 13.7. The molecule has 0 radical (unpaired) electrons. The van der Waals surface area contributed by atoms with Gasteiger partial charge in [0.2, 0.25) is 5.91 Å². The first-order chi connectivity index (χ1) is 11.5. The van der Waals surface area contributed by atoms with E-state index >= 15 is 0 Å². The maximum absolute atomic E-state index is 12.5. The Bertz CT molecular complexity index is 820. The second-order valence-corrected chi connectivity index (χ2v) is 7.00. The smallest absolute Gasteiger partial charge is 0.255 e. The Labute approximate surface area is 144 Å². The van der Waals surface area contributed by atoms with Crippen LogP contribution in [0.4, 0.5) is 11.4 Å². The normalized spacial score (nSPS) is 16.1. The lowest BCUT2D eigenvalue weighted by Gasteiger charge is -2.21. The molecule has 0 saturated heterocycles. The summed E-state index contributed by atoms with van der Waals surface area (Å²) < 4.78 is 5.30. The van der Waals surface area contributed by atoms with E-state index in [9.17, 15) is 9.59 Å². The van der Waals surface area contributed by atoms with Crippen molar-refractivity contribution < 1.29 is 14.3 Å². The third-order valence-corrected chi connectivity index (χ3v) is 4.96. The zero-order chi connectivity index (χ0) is 17.3. The van der Waals surface area contributed by atoms with E-state index in [1.165, 1.54) is 11.8 Å². The molecule has 1 unspecified atom stereocenters. The number of amides is 2. The van der Waals surface area contributed by atoms with Gasteiger partial charge in [-0.2, -0.15) is 0 Å². The van der Waals surface area contributed by atoms with Crippen molar-refractivity contribution in [3.63, 3.8) is 0 Å². The van der Waals surface area contributed by atoms with E-state index in [4.69, 9.17) is 4.74 Å². The Morgan fingerprint density at radius 3 is 2.79 bits per heavy atom. The van der Waals surface area contributed by atoms with Crippen molar-refractivity contribution in [1.29, 1.82) is 0 Å². The fourth-order valence-electron chi connectivity index (χ4n) is 2.45. The van der Waals surface area contributed by atoms with Crippen LogP contribution in [0, 0.1) is 6.92 Å². The first kappa shape index (κ1) is 16.4. The minimum absolute atomic E-state index is 0.0507. The first-order valence-electron chi connectivity index (χ1n) is 7.55. The molecule has 1 atom stereocenters.